The molecular formula is C48H34Ag-2. The molecule has 1 heteroatoms. The van der Waals surface area contributed by atoms with Crippen LogP contribution in [-0.2, 0) is 22.4 Å². The molecule has 0 saturated carbocycles. The summed E-state index contributed by atoms with van der Waals surface area (Å²) >= 11 is 0. The van der Waals surface area contributed by atoms with E-state index >= 15 is 0 Å². The second kappa shape index (κ2) is 16.6. The van der Waals surface area contributed by atoms with E-state index in [2.05, 4.69) is 194 Å². The van der Waals surface area contributed by atoms with Gasteiger partial charge in [0.15, 0.2) is 0 Å². The third kappa shape index (κ3) is 8.51. The molecule has 0 saturated heterocycles. The third-order valence-corrected chi connectivity index (χ3v) is 8.29. The maximum atomic E-state index is 3.59. The van der Waals surface area contributed by atoms with Crippen molar-refractivity contribution in [2.45, 2.75) is 0 Å². The van der Waals surface area contributed by atoms with Crippen molar-refractivity contribution in [3.05, 3.63) is 218 Å². The van der Waals surface area contributed by atoms with E-state index < -0.39 is 0 Å². The number of hydrogen-bond donors (Lipinski definition) is 0. The Morgan fingerprint density at radius 2 is 0.388 bits per heavy atom. The Morgan fingerprint density at radius 3 is 0.592 bits per heavy atom. The molecule has 239 valence electrons. The van der Waals surface area contributed by atoms with E-state index in [0.717, 1.165) is 22.3 Å². The first-order chi connectivity index (χ1) is 23.8. The molecule has 0 amide bonds. The van der Waals surface area contributed by atoms with Crippen LogP contribution in [0.3, 0.4) is 0 Å². The summed E-state index contributed by atoms with van der Waals surface area (Å²) in [6.45, 7) is 0. The van der Waals surface area contributed by atoms with Crippen LogP contribution in [0.5, 0.6) is 0 Å². The van der Waals surface area contributed by atoms with Crippen molar-refractivity contribution in [3.63, 3.8) is 0 Å². The number of rotatable bonds is 6. The van der Waals surface area contributed by atoms with Gasteiger partial charge in [0, 0.05) is 22.4 Å². The molecule has 8 aromatic carbocycles. The van der Waals surface area contributed by atoms with Gasteiger partial charge in [0.05, 0.1) is 0 Å². The fourth-order valence-corrected chi connectivity index (χ4v) is 5.83. The molecule has 0 fully saturated rings. The predicted octanol–water partition coefficient (Wildman–Crippen LogP) is 13.0. The van der Waals surface area contributed by atoms with Gasteiger partial charge in [0.2, 0.25) is 0 Å². The van der Waals surface area contributed by atoms with Gasteiger partial charge in [-0.3, -0.25) is 0 Å². The summed E-state index contributed by atoms with van der Waals surface area (Å²) in [5.74, 6) is 0. The molecule has 0 aliphatic rings. The fraction of sp³-hybridized carbons (Fsp3) is 0. The van der Waals surface area contributed by atoms with Crippen LogP contribution >= 0.6 is 0 Å². The molecule has 0 nitrogen and oxygen atoms in total. The van der Waals surface area contributed by atoms with Gasteiger partial charge in [0.1, 0.15) is 0 Å². The largest absolute Gasteiger partial charge is 0.118 e. The Balaban J connectivity index is 0.000000167. The molecule has 0 aliphatic carbocycles. The van der Waals surface area contributed by atoms with E-state index in [0.29, 0.717) is 0 Å². The second-order valence-electron chi connectivity index (χ2n) is 11.6. The Morgan fingerprint density at radius 1 is 0.204 bits per heavy atom. The van der Waals surface area contributed by atoms with Gasteiger partial charge in [0.25, 0.3) is 0 Å². The Kier molecular flexibility index (Phi) is 11.3. The van der Waals surface area contributed by atoms with Crippen LogP contribution in [0.15, 0.2) is 206 Å². The van der Waals surface area contributed by atoms with Crippen LogP contribution in [-0.4, -0.2) is 0 Å². The third-order valence-electron chi connectivity index (χ3n) is 8.29. The van der Waals surface area contributed by atoms with Crippen molar-refractivity contribution >= 4 is 0 Å². The minimum Gasteiger partial charge on any atom is -0.118 e. The smallest absolute Gasteiger partial charge is 0 e. The van der Waals surface area contributed by atoms with Crippen LogP contribution in [0, 0.1) is 12.1 Å². The van der Waals surface area contributed by atoms with Crippen LogP contribution in [0.4, 0.5) is 0 Å². The zero-order valence-corrected chi connectivity index (χ0v) is 28.4. The first-order valence-corrected chi connectivity index (χ1v) is 16.3. The van der Waals surface area contributed by atoms with Gasteiger partial charge < -0.3 is 0 Å². The summed E-state index contributed by atoms with van der Waals surface area (Å²) in [6.07, 6.45) is 0. The van der Waals surface area contributed by atoms with Gasteiger partial charge >= 0.3 is 0 Å². The van der Waals surface area contributed by atoms with Crippen LogP contribution < -0.4 is 0 Å². The molecule has 0 spiro atoms. The van der Waals surface area contributed by atoms with E-state index in [1.165, 1.54) is 44.5 Å². The summed E-state index contributed by atoms with van der Waals surface area (Å²) in [4.78, 5) is 0. The van der Waals surface area contributed by atoms with Gasteiger partial charge in [-0.2, -0.15) is 0 Å². The topological polar surface area (TPSA) is 0 Å². The van der Waals surface area contributed by atoms with Gasteiger partial charge in [-0.25, -0.2) is 0 Å². The van der Waals surface area contributed by atoms with E-state index in [4.69, 9.17) is 0 Å². The molecule has 0 aliphatic heterocycles. The monoisotopic (exact) mass is 717 g/mol. The van der Waals surface area contributed by atoms with E-state index in [-0.39, 0.29) is 22.4 Å². The second-order valence-corrected chi connectivity index (χ2v) is 11.6. The zero-order chi connectivity index (χ0) is 32.4. The first kappa shape index (κ1) is 33.4. The molecule has 8 rings (SSSR count). The molecular weight excluding hydrogens is 684 g/mol. The molecule has 0 unspecified atom stereocenters. The Hall–Kier alpha value is -5.50. The van der Waals surface area contributed by atoms with E-state index in [9.17, 15) is 0 Å². The van der Waals surface area contributed by atoms with Crippen molar-refractivity contribution in [1.29, 1.82) is 0 Å². The van der Waals surface area contributed by atoms with Crippen molar-refractivity contribution in [2.24, 2.45) is 0 Å². The van der Waals surface area contributed by atoms with Crippen LogP contribution in [0.25, 0.3) is 66.8 Å². The Bertz CT molecular complexity index is 1740. The molecule has 0 bridgehead atoms. The zero-order valence-electron chi connectivity index (χ0n) is 26.9. The van der Waals surface area contributed by atoms with Crippen molar-refractivity contribution in [2.75, 3.05) is 0 Å². The summed E-state index contributed by atoms with van der Waals surface area (Å²) in [5, 5.41) is 0. The summed E-state index contributed by atoms with van der Waals surface area (Å²) in [5.41, 5.74) is 14.1. The molecule has 0 atom stereocenters. The Labute approximate surface area is 305 Å². The quantitative estimate of drug-likeness (QED) is 0.119. The molecule has 0 aromatic heterocycles. The average molecular weight is 719 g/mol. The SMILES string of the molecule is [Ag].[c-]1c(-c2ccccc2)cc(-c2ccccc2)cc1-c1ccccc1.[c-]1c(-c2ccccc2)cc(-c2ccccc2)cc1-c1ccccc1. The van der Waals surface area contributed by atoms with Crippen molar-refractivity contribution in [3.8, 4) is 66.8 Å². The van der Waals surface area contributed by atoms with Crippen LogP contribution in [0.2, 0.25) is 0 Å². The summed E-state index contributed by atoms with van der Waals surface area (Å²) < 4.78 is 0. The van der Waals surface area contributed by atoms with Gasteiger partial charge in [-0.15, -0.1) is 58.7 Å². The molecule has 49 heavy (non-hydrogen) atoms. The molecule has 0 heterocycles. The predicted molar refractivity (Wildman–Crippen MR) is 203 cm³/mol. The molecule has 8 aromatic rings. The molecule has 0 N–H and O–H groups in total. The standard InChI is InChI=1S/2C24H17.Ag/c2*1-4-10-19(11-5-1)22-16-23(20-12-6-2-7-13-20)18-24(17-22)21-14-8-3-9-15-21;/h2*1-17H;/q2*-1;. The van der Waals surface area contributed by atoms with Crippen molar-refractivity contribution < 1.29 is 22.4 Å². The first-order valence-electron chi connectivity index (χ1n) is 16.3. The van der Waals surface area contributed by atoms with Crippen LogP contribution in [0.1, 0.15) is 0 Å². The summed E-state index contributed by atoms with van der Waals surface area (Å²) in [7, 11) is 0. The van der Waals surface area contributed by atoms with Gasteiger partial charge in [-0.05, 0) is 11.1 Å². The average Bonchev–Trinajstić information content (AvgIpc) is 3.20. The van der Waals surface area contributed by atoms with E-state index in [1.807, 2.05) is 24.3 Å². The summed E-state index contributed by atoms with van der Waals surface area (Å²) in [6, 6.07) is 78.9. The number of benzene rings is 8. The minimum atomic E-state index is 0. The normalized spacial score (nSPS) is 10.3. The number of hydrogen-bond acceptors (Lipinski definition) is 0. The van der Waals surface area contributed by atoms with Gasteiger partial charge in [-0.1, -0.05) is 215 Å². The molecule has 1 radical (unpaired) electrons. The fourth-order valence-electron chi connectivity index (χ4n) is 5.83. The van der Waals surface area contributed by atoms with Crippen molar-refractivity contribution in [1.82, 2.24) is 0 Å². The maximum Gasteiger partial charge on any atom is 0 e. The van der Waals surface area contributed by atoms with E-state index in [1.54, 1.807) is 0 Å². The minimum absolute atomic E-state index is 0. The maximum absolute atomic E-state index is 3.59.